The maximum Gasteiger partial charge on any atom is 0.269 e. The van der Waals surface area contributed by atoms with E-state index in [0.717, 1.165) is 28.8 Å². The Kier molecular flexibility index (Phi) is 7.52. The van der Waals surface area contributed by atoms with Crippen LogP contribution in [0.3, 0.4) is 0 Å². The van der Waals surface area contributed by atoms with Gasteiger partial charge in [-0.25, -0.2) is 9.97 Å². The van der Waals surface area contributed by atoms with Gasteiger partial charge in [-0.2, -0.15) is 8.42 Å². The number of hydrazine groups is 1. The molecule has 0 fully saturated rings. The SMILES string of the molecule is Cc1ccc(NNC(=O)c2ccc(COS(C)(=O)=O)cc2)cc1Nc1nccc(-c2cccnc2)n1. The van der Waals surface area contributed by atoms with E-state index in [1.165, 1.54) is 0 Å². The number of nitrogens with zero attached hydrogens (tertiary/aromatic N) is 3. The molecule has 0 bridgehead atoms. The van der Waals surface area contributed by atoms with E-state index in [2.05, 4.69) is 31.1 Å². The third-order valence-corrected chi connectivity index (χ3v) is 5.62. The number of anilines is 3. The number of benzene rings is 2. The van der Waals surface area contributed by atoms with Crippen molar-refractivity contribution in [2.24, 2.45) is 0 Å². The number of rotatable bonds is 9. The van der Waals surface area contributed by atoms with Crippen molar-refractivity contribution in [1.29, 1.82) is 0 Å². The van der Waals surface area contributed by atoms with Crippen LogP contribution in [-0.4, -0.2) is 35.5 Å². The second-order valence-corrected chi connectivity index (χ2v) is 9.55. The zero-order valence-electron chi connectivity index (χ0n) is 19.6. The van der Waals surface area contributed by atoms with E-state index in [9.17, 15) is 13.2 Å². The number of nitrogens with one attached hydrogen (secondary N) is 3. The molecule has 0 saturated heterocycles. The summed E-state index contributed by atoms with van der Waals surface area (Å²) in [5, 5.41) is 3.22. The Morgan fingerprint density at radius 2 is 1.83 bits per heavy atom. The normalized spacial score (nSPS) is 11.1. The minimum atomic E-state index is -3.53. The predicted molar refractivity (Wildman–Crippen MR) is 137 cm³/mol. The van der Waals surface area contributed by atoms with Gasteiger partial charge in [-0.1, -0.05) is 18.2 Å². The van der Waals surface area contributed by atoms with Gasteiger partial charge in [0.25, 0.3) is 16.0 Å². The van der Waals surface area contributed by atoms with Gasteiger partial charge in [0.2, 0.25) is 5.95 Å². The average Bonchev–Trinajstić information content (AvgIpc) is 2.88. The van der Waals surface area contributed by atoms with Crippen molar-refractivity contribution in [3.8, 4) is 11.3 Å². The van der Waals surface area contributed by atoms with E-state index >= 15 is 0 Å². The smallest absolute Gasteiger partial charge is 0.269 e. The molecule has 4 aromatic rings. The molecular weight excluding hydrogens is 480 g/mol. The van der Waals surface area contributed by atoms with Gasteiger partial charge in [0.05, 0.1) is 24.2 Å². The maximum atomic E-state index is 12.5. The van der Waals surface area contributed by atoms with Crippen LogP contribution in [0.4, 0.5) is 17.3 Å². The third kappa shape index (κ3) is 6.84. The summed E-state index contributed by atoms with van der Waals surface area (Å²) >= 11 is 0. The second-order valence-electron chi connectivity index (χ2n) is 7.90. The summed E-state index contributed by atoms with van der Waals surface area (Å²) in [6.45, 7) is 1.86. The highest BCUT2D eigenvalue weighted by Crippen LogP contribution is 2.24. The monoisotopic (exact) mass is 504 g/mol. The van der Waals surface area contributed by atoms with E-state index in [4.69, 9.17) is 4.18 Å². The number of pyridine rings is 1. The number of hydrogen-bond acceptors (Lipinski definition) is 9. The fourth-order valence-corrected chi connectivity index (χ4v) is 3.53. The molecule has 0 spiro atoms. The molecule has 3 N–H and O–H groups in total. The lowest BCUT2D eigenvalue weighted by molar-refractivity contribution is 0.0962. The van der Waals surface area contributed by atoms with E-state index < -0.39 is 10.1 Å². The average molecular weight is 505 g/mol. The largest absolute Gasteiger partial charge is 0.324 e. The van der Waals surface area contributed by atoms with Gasteiger partial charge >= 0.3 is 0 Å². The summed E-state index contributed by atoms with van der Waals surface area (Å²) in [7, 11) is -3.53. The van der Waals surface area contributed by atoms with Crippen LogP contribution in [0.5, 0.6) is 0 Å². The molecule has 1 amide bonds. The molecule has 184 valence electrons. The summed E-state index contributed by atoms with van der Waals surface area (Å²) in [6, 6.07) is 17.6. The summed E-state index contributed by atoms with van der Waals surface area (Å²) < 4.78 is 27.0. The van der Waals surface area contributed by atoms with Crippen LogP contribution >= 0.6 is 0 Å². The third-order valence-electron chi connectivity index (χ3n) is 5.07. The molecule has 2 aromatic carbocycles. The number of hydrogen-bond donors (Lipinski definition) is 3. The van der Waals surface area contributed by atoms with Gasteiger partial charge in [-0.3, -0.25) is 24.8 Å². The van der Waals surface area contributed by atoms with E-state index in [0.29, 0.717) is 22.8 Å². The molecule has 0 aliphatic rings. The summed E-state index contributed by atoms with van der Waals surface area (Å²) in [5.74, 6) is 0.0775. The Bertz CT molecular complexity index is 1460. The second kappa shape index (κ2) is 10.9. The molecule has 0 aliphatic carbocycles. The minimum Gasteiger partial charge on any atom is -0.324 e. The van der Waals surface area contributed by atoms with E-state index in [1.807, 2.05) is 43.3 Å². The lowest BCUT2D eigenvalue weighted by atomic mass is 10.1. The highest BCUT2D eigenvalue weighted by molar-refractivity contribution is 7.85. The molecule has 2 aromatic heterocycles. The first kappa shape index (κ1) is 24.8. The Hall–Kier alpha value is -4.35. The van der Waals surface area contributed by atoms with Gasteiger partial charge in [0.15, 0.2) is 0 Å². The quantitative estimate of drug-likeness (QED) is 0.230. The number of aryl methyl sites for hydroxylation is 1. The Labute approximate surface area is 208 Å². The van der Waals surface area contributed by atoms with Crippen LogP contribution in [0.15, 0.2) is 79.3 Å². The summed E-state index contributed by atoms with van der Waals surface area (Å²) in [4.78, 5) is 25.5. The number of carbonyl (C=O) groups excluding carboxylic acids is 1. The summed E-state index contributed by atoms with van der Waals surface area (Å²) in [6.07, 6.45) is 6.10. The van der Waals surface area contributed by atoms with Crippen molar-refractivity contribution in [2.75, 3.05) is 17.0 Å². The van der Waals surface area contributed by atoms with Crippen molar-refractivity contribution < 1.29 is 17.4 Å². The van der Waals surface area contributed by atoms with Gasteiger partial charge in [-0.05, 0) is 60.5 Å². The van der Waals surface area contributed by atoms with Crippen molar-refractivity contribution in [3.05, 3.63) is 95.9 Å². The molecule has 2 heterocycles. The summed E-state index contributed by atoms with van der Waals surface area (Å²) in [5.41, 5.74) is 10.6. The van der Waals surface area contributed by atoms with Gasteiger partial charge in [0.1, 0.15) is 0 Å². The fourth-order valence-electron chi connectivity index (χ4n) is 3.18. The molecule has 0 aliphatic heterocycles. The van der Waals surface area contributed by atoms with Crippen LogP contribution in [0.2, 0.25) is 0 Å². The molecule has 10 nitrogen and oxygen atoms in total. The Morgan fingerprint density at radius 3 is 2.56 bits per heavy atom. The first-order valence-corrected chi connectivity index (χ1v) is 12.7. The molecule has 11 heteroatoms. The molecule has 0 radical (unpaired) electrons. The standard InChI is InChI=1S/C25H24N6O4S/c1-17-5-10-21(30-31-24(32)19-8-6-18(7-9-19)16-35-36(2,33)34)14-23(17)29-25-27-13-11-22(28-25)20-4-3-12-26-15-20/h3-15,30H,16H2,1-2H3,(H,31,32)(H,27,28,29). The zero-order chi connectivity index (χ0) is 25.5. The maximum absolute atomic E-state index is 12.5. The lowest BCUT2D eigenvalue weighted by Crippen LogP contribution is -2.29. The molecule has 0 saturated carbocycles. The number of carbonyl (C=O) groups is 1. The molecule has 4 rings (SSSR count). The highest BCUT2D eigenvalue weighted by Gasteiger charge is 2.09. The van der Waals surface area contributed by atoms with Crippen LogP contribution in [0, 0.1) is 6.92 Å². The number of aromatic nitrogens is 3. The van der Waals surface area contributed by atoms with Crippen LogP contribution in [-0.2, 0) is 20.9 Å². The molecular formula is C25H24N6O4S. The van der Waals surface area contributed by atoms with Gasteiger partial charge in [0, 0.05) is 35.4 Å². The van der Waals surface area contributed by atoms with Crippen LogP contribution in [0.1, 0.15) is 21.5 Å². The fraction of sp³-hybridized carbons (Fsp3) is 0.120. The Balaban J connectivity index is 1.39. The van der Waals surface area contributed by atoms with Crippen molar-refractivity contribution in [3.63, 3.8) is 0 Å². The Morgan fingerprint density at radius 1 is 1.03 bits per heavy atom. The lowest BCUT2D eigenvalue weighted by Gasteiger charge is -2.13. The van der Waals surface area contributed by atoms with Crippen LogP contribution < -0.4 is 16.2 Å². The van der Waals surface area contributed by atoms with Gasteiger partial charge in [-0.15, -0.1) is 0 Å². The molecule has 0 atom stereocenters. The minimum absolute atomic E-state index is 0.0903. The van der Waals surface area contributed by atoms with E-state index in [1.54, 1.807) is 42.9 Å². The topological polar surface area (TPSA) is 135 Å². The first-order chi connectivity index (χ1) is 17.3. The van der Waals surface area contributed by atoms with Crippen molar-refractivity contribution in [1.82, 2.24) is 20.4 Å². The zero-order valence-corrected chi connectivity index (χ0v) is 20.4. The highest BCUT2D eigenvalue weighted by atomic mass is 32.2. The van der Waals surface area contributed by atoms with Crippen molar-refractivity contribution >= 4 is 33.3 Å². The molecule has 0 unspecified atom stereocenters. The first-order valence-electron chi connectivity index (χ1n) is 10.9. The predicted octanol–water partition coefficient (Wildman–Crippen LogP) is 3.82. The van der Waals surface area contributed by atoms with E-state index in [-0.39, 0.29) is 12.5 Å². The number of amides is 1. The molecule has 36 heavy (non-hydrogen) atoms. The van der Waals surface area contributed by atoms with Crippen LogP contribution in [0.25, 0.3) is 11.3 Å². The van der Waals surface area contributed by atoms with Gasteiger partial charge < -0.3 is 5.32 Å². The van der Waals surface area contributed by atoms with Crippen molar-refractivity contribution in [2.45, 2.75) is 13.5 Å².